The minimum atomic E-state index is -4.91. The van der Waals surface area contributed by atoms with E-state index in [1.807, 2.05) is 4.72 Å². The Morgan fingerprint density at radius 1 is 1.12 bits per heavy atom. The lowest BCUT2D eigenvalue weighted by Crippen LogP contribution is -2.18. The molecule has 0 saturated heterocycles. The maximum Gasteiger partial charge on any atom is 0.417 e. The Hall–Kier alpha value is -2.89. The summed E-state index contributed by atoms with van der Waals surface area (Å²) in [5.74, 6) is -2.15. The molecule has 33 heavy (non-hydrogen) atoms. The molecule has 0 aliphatic heterocycles. The fraction of sp³-hybridized carbons (Fsp3) is 0.100. The molecule has 2 aromatic carbocycles. The highest BCUT2D eigenvalue weighted by Crippen LogP contribution is 2.36. The third-order valence-electron chi connectivity index (χ3n) is 4.29. The molecule has 0 aliphatic carbocycles. The normalized spacial score (nSPS) is 11.8. The quantitative estimate of drug-likeness (QED) is 0.337. The molecule has 0 amide bonds. The monoisotopic (exact) mass is 522 g/mol. The van der Waals surface area contributed by atoms with Gasteiger partial charge in [-0.15, -0.1) is 0 Å². The molecule has 13 heteroatoms. The number of hydrogen-bond acceptors (Lipinski definition) is 5. The van der Waals surface area contributed by atoms with Crippen molar-refractivity contribution in [3.05, 3.63) is 81.3 Å². The zero-order valence-electron chi connectivity index (χ0n) is 16.4. The molecule has 0 fully saturated rings. The number of halogens is 6. The van der Waals surface area contributed by atoms with Gasteiger partial charge in [-0.3, -0.25) is 9.52 Å². The molecule has 0 saturated carbocycles. The number of carbonyl (C=O) groups is 1. The summed E-state index contributed by atoms with van der Waals surface area (Å²) in [4.78, 5) is 16.0. The van der Waals surface area contributed by atoms with Gasteiger partial charge in [0.2, 0.25) is 5.78 Å². The lowest BCUT2D eigenvalue weighted by molar-refractivity contribution is -0.137. The average molecular weight is 523 g/mol. The van der Waals surface area contributed by atoms with Crippen LogP contribution < -0.4 is 9.46 Å². The zero-order chi connectivity index (χ0) is 24.6. The Labute approximate surface area is 195 Å². The Bertz CT molecular complexity index is 1350. The van der Waals surface area contributed by atoms with E-state index in [4.69, 9.17) is 27.9 Å². The van der Waals surface area contributed by atoms with Crippen LogP contribution in [0.4, 0.5) is 23.2 Å². The molecule has 0 bridgehead atoms. The van der Waals surface area contributed by atoms with E-state index < -0.39 is 60.2 Å². The van der Waals surface area contributed by atoms with E-state index in [0.717, 1.165) is 30.5 Å². The van der Waals surface area contributed by atoms with Crippen LogP contribution in [0.1, 0.15) is 21.6 Å². The lowest BCUT2D eigenvalue weighted by atomic mass is 10.0. The first-order valence-electron chi connectivity index (χ1n) is 8.77. The summed E-state index contributed by atoms with van der Waals surface area (Å²) in [6, 6.07) is 6.55. The van der Waals surface area contributed by atoms with Crippen molar-refractivity contribution >= 4 is 44.7 Å². The molecule has 0 aliphatic rings. The predicted octanol–water partition coefficient (Wildman–Crippen LogP) is 5.59. The van der Waals surface area contributed by atoms with Crippen molar-refractivity contribution in [1.29, 1.82) is 0 Å². The number of alkyl halides is 3. The van der Waals surface area contributed by atoms with Crippen LogP contribution in [-0.2, 0) is 16.2 Å². The number of ether oxygens (including phenoxy) is 1. The second-order valence-corrected chi connectivity index (χ2v) is 8.97. The number of pyridine rings is 1. The van der Waals surface area contributed by atoms with Gasteiger partial charge in [0.25, 0.3) is 10.0 Å². The molecule has 174 valence electrons. The van der Waals surface area contributed by atoms with Crippen LogP contribution in [-0.4, -0.2) is 26.3 Å². The van der Waals surface area contributed by atoms with Gasteiger partial charge in [-0.05, 0) is 36.4 Å². The summed E-state index contributed by atoms with van der Waals surface area (Å²) in [5, 5.41) is -0.801. The van der Waals surface area contributed by atoms with Gasteiger partial charge < -0.3 is 4.74 Å². The van der Waals surface area contributed by atoms with Crippen molar-refractivity contribution in [2.24, 2.45) is 0 Å². The molecule has 0 atom stereocenters. The summed E-state index contributed by atoms with van der Waals surface area (Å²) >= 11 is 11.4. The molecule has 3 rings (SSSR count). The highest BCUT2D eigenvalue weighted by Gasteiger charge is 2.35. The molecule has 1 N–H and O–H groups in total. The van der Waals surface area contributed by atoms with Crippen LogP contribution in [0.25, 0.3) is 0 Å². The van der Waals surface area contributed by atoms with Gasteiger partial charge in [0.1, 0.15) is 22.8 Å². The second kappa shape index (κ2) is 9.16. The topological polar surface area (TPSA) is 85.4 Å². The Kier molecular flexibility index (Phi) is 6.87. The van der Waals surface area contributed by atoms with E-state index in [-0.39, 0.29) is 10.8 Å². The van der Waals surface area contributed by atoms with Crippen molar-refractivity contribution in [3.8, 4) is 5.75 Å². The van der Waals surface area contributed by atoms with E-state index >= 15 is 0 Å². The fourth-order valence-electron chi connectivity index (χ4n) is 2.80. The largest absolute Gasteiger partial charge is 0.496 e. The SMILES string of the molecule is COc1cccc(F)c1C(=O)c1ncc(Cl)cc1NS(=O)(=O)c1ccc(Cl)c(C(F)(F)F)c1. The number of sulfonamides is 1. The molecule has 1 heterocycles. The molecule has 1 aromatic heterocycles. The van der Waals surface area contributed by atoms with Crippen molar-refractivity contribution in [1.82, 2.24) is 4.98 Å². The van der Waals surface area contributed by atoms with Crippen molar-refractivity contribution in [2.75, 3.05) is 11.8 Å². The van der Waals surface area contributed by atoms with Gasteiger partial charge in [0, 0.05) is 6.20 Å². The number of nitrogens with zero attached hydrogens (tertiary/aromatic N) is 1. The first-order chi connectivity index (χ1) is 15.3. The third-order valence-corrected chi connectivity index (χ3v) is 6.19. The first-order valence-corrected chi connectivity index (χ1v) is 11.0. The molecule has 0 unspecified atom stereocenters. The number of aromatic nitrogens is 1. The molecule has 3 aromatic rings. The van der Waals surface area contributed by atoms with E-state index in [1.54, 1.807) is 0 Å². The summed E-state index contributed by atoms with van der Waals surface area (Å²) in [7, 11) is -3.48. The first kappa shape index (κ1) is 24.7. The van der Waals surface area contributed by atoms with E-state index in [1.165, 1.54) is 19.2 Å². The van der Waals surface area contributed by atoms with Crippen molar-refractivity contribution in [3.63, 3.8) is 0 Å². The highest BCUT2D eigenvalue weighted by molar-refractivity contribution is 7.92. The van der Waals surface area contributed by atoms with Crippen LogP contribution in [0.3, 0.4) is 0 Å². The molecule has 0 spiro atoms. The van der Waals surface area contributed by atoms with Gasteiger partial charge in [-0.25, -0.2) is 17.8 Å². The summed E-state index contributed by atoms with van der Waals surface area (Å²) in [6.45, 7) is 0. The number of rotatable bonds is 6. The van der Waals surface area contributed by atoms with E-state index in [0.29, 0.717) is 6.07 Å². The number of methoxy groups -OCH3 is 1. The summed E-state index contributed by atoms with van der Waals surface area (Å²) in [5.41, 5.74) is -2.94. The van der Waals surface area contributed by atoms with Gasteiger partial charge in [-0.2, -0.15) is 13.2 Å². The van der Waals surface area contributed by atoms with Crippen LogP contribution in [0.2, 0.25) is 10.0 Å². The molecule has 0 radical (unpaired) electrons. The number of carbonyl (C=O) groups excluding carboxylic acids is 1. The predicted molar refractivity (Wildman–Crippen MR) is 113 cm³/mol. The van der Waals surface area contributed by atoms with Crippen molar-refractivity contribution in [2.45, 2.75) is 11.1 Å². The Balaban J connectivity index is 2.10. The van der Waals surface area contributed by atoms with Crippen LogP contribution in [0.5, 0.6) is 5.75 Å². The average Bonchev–Trinajstić information content (AvgIpc) is 2.72. The number of ketones is 1. The Morgan fingerprint density at radius 3 is 2.45 bits per heavy atom. The highest BCUT2D eigenvalue weighted by atomic mass is 35.5. The lowest BCUT2D eigenvalue weighted by Gasteiger charge is -2.15. The molecular weight excluding hydrogens is 511 g/mol. The molecular formula is C20H12Cl2F4N2O4S. The maximum absolute atomic E-state index is 14.4. The van der Waals surface area contributed by atoms with Gasteiger partial charge in [0.15, 0.2) is 0 Å². The smallest absolute Gasteiger partial charge is 0.417 e. The standard InChI is InChI=1S/C20H12Cl2F4N2O4S/c1-32-16-4-2-3-14(23)17(16)19(29)18-15(7-10(21)9-27-18)28-33(30,31)11-5-6-13(22)12(8-11)20(24,25)26/h2-9,28H,1H3. The minimum absolute atomic E-state index is 0.100. The third kappa shape index (κ3) is 5.21. The number of benzene rings is 2. The van der Waals surface area contributed by atoms with Gasteiger partial charge in [-0.1, -0.05) is 29.3 Å². The maximum atomic E-state index is 14.4. The fourth-order valence-corrected chi connectivity index (χ4v) is 4.27. The Morgan fingerprint density at radius 2 is 1.82 bits per heavy atom. The van der Waals surface area contributed by atoms with Crippen molar-refractivity contribution < 1.29 is 35.5 Å². The number of anilines is 1. The van der Waals surface area contributed by atoms with Crippen LogP contribution >= 0.6 is 23.2 Å². The van der Waals surface area contributed by atoms with Gasteiger partial charge in [0.05, 0.1) is 33.3 Å². The zero-order valence-corrected chi connectivity index (χ0v) is 18.7. The van der Waals surface area contributed by atoms with Crippen LogP contribution in [0, 0.1) is 5.82 Å². The van der Waals surface area contributed by atoms with E-state index in [9.17, 15) is 30.8 Å². The van der Waals surface area contributed by atoms with Crippen LogP contribution in [0.15, 0.2) is 53.6 Å². The summed E-state index contributed by atoms with van der Waals surface area (Å²) in [6.07, 6.45) is -3.90. The van der Waals surface area contributed by atoms with E-state index in [2.05, 4.69) is 4.98 Å². The van der Waals surface area contributed by atoms with Gasteiger partial charge >= 0.3 is 6.18 Å². The number of hydrogen-bond donors (Lipinski definition) is 1. The minimum Gasteiger partial charge on any atom is -0.496 e. The second-order valence-electron chi connectivity index (χ2n) is 6.44. The number of nitrogens with one attached hydrogen (secondary N) is 1. The summed E-state index contributed by atoms with van der Waals surface area (Å²) < 4.78 is 86.4. The molecule has 6 nitrogen and oxygen atoms in total.